The summed E-state index contributed by atoms with van der Waals surface area (Å²) in [6.45, 7) is 0. The summed E-state index contributed by atoms with van der Waals surface area (Å²) in [5, 5.41) is 9.17. The van der Waals surface area contributed by atoms with E-state index >= 15 is 0 Å². The van der Waals surface area contributed by atoms with Gasteiger partial charge in [0.2, 0.25) is 0 Å². The smallest absolute Gasteiger partial charge is 0.304 e. The topological polar surface area (TPSA) is 37.3 Å². The summed E-state index contributed by atoms with van der Waals surface area (Å²) in [7, 11) is 0. The molecule has 0 saturated heterocycles. The van der Waals surface area contributed by atoms with Crippen LogP contribution in [-0.4, -0.2) is 11.1 Å². The molecule has 0 amide bonds. The molecule has 0 unspecified atom stereocenters. The molecule has 21 heavy (non-hydrogen) atoms. The molecular formula is C17H14F2O2. The minimum Gasteiger partial charge on any atom is -0.481 e. The van der Waals surface area contributed by atoms with Gasteiger partial charge >= 0.3 is 5.97 Å². The number of fused-ring (bicyclic) bond motifs is 2. The Balaban J connectivity index is 2.17. The second-order valence-corrected chi connectivity index (χ2v) is 5.34. The molecule has 108 valence electrons. The van der Waals surface area contributed by atoms with Gasteiger partial charge in [-0.25, -0.2) is 8.78 Å². The lowest BCUT2D eigenvalue weighted by Gasteiger charge is -2.18. The fraction of sp³-hybridized carbons (Fsp3) is 0.235. The molecule has 1 N–H and O–H groups in total. The minimum absolute atomic E-state index is 0.0860. The van der Waals surface area contributed by atoms with Gasteiger partial charge < -0.3 is 5.11 Å². The average Bonchev–Trinajstić information content (AvgIpc) is 2.56. The van der Waals surface area contributed by atoms with E-state index in [2.05, 4.69) is 0 Å². The molecule has 0 saturated carbocycles. The molecule has 0 heterocycles. The van der Waals surface area contributed by atoms with Crippen LogP contribution in [0.1, 0.15) is 34.6 Å². The molecule has 2 nitrogen and oxygen atoms in total. The van der Waals surface area contributed by atoms with Gasteiger partial charge in [0.05, 0.1) is 6.42 Å². The van der Waals surface area contributed by atoms with E-state index in [4.69, 9.17) is 5.11 Å². The SMILES string of the molecule is O=C(O)CC1c2ccc(F)cc2CCc2cc(F)ccc21. The number of carboxylic acids is 1. The molecule has 0 spiro atoms. The number of rotatable bonds is 2. The minimum atomic E-state index is -0.924. The van der Waals surface area contributed by atoms with Crippen LogP contribution in [0.4, 0.5) is 8.78 Å². The van der Waals surface area contributed by atoms with Gasteiger partial charge in [-0.2, -0.15) is 0 Å². The zero-order valence-electron chi connectivity index (χ0n) is 11.3. The molecule has 0 aliphatic heterocycles. The first-order valence-corrected chi connectivity index (χ1v) is 6.83. The van der Waals surface area contributed by atoms with Gasteiger partial charge in [0.1, 0.15) is 11.6 Å². The first-order chi connectivity index (χ1) is 10.0. The third-order valence-corrected chi connectivity index (χ3v) is 4.00. The van der Waals surface area contributed by atoms with Crippen LogP contribution in [0.3, 0.4) is 0 Å². The van der Waals surface area contributed by atoms with Crippen molar-refractivity contribution in [2.24, 2.45) is 0 Å². The Kier molecular flexibility index (Phi) is 3.45. The first kappa shape index (κ1) is 13.7. The summed E-state index contributed by atoms with van der Waals surface area (Å²) in [6.07, 6.45) is 1.08. The Morgan fingerprint density at radius 2 is 1.48 bits per heavy atom. The Morgan fingerprint density at radius 3 is 1.90 bits per heavy atom. The third kappa shape index (κ3) is 2.66. The Labute approximate surface area is 121 Å². The molecule has 0 radical (unpaired) electrons. The standard InChI is InChI=1S/C17H14F2O2/c18-12-3-5-14-10(7-12)1-2-11-8-13(19)4-6-15(11)16(14)9-17(20)21/h3-8,16H,1-2,9H2,(H,20,21). The molecule has 2 aromatic rings. The van der Waals surface area contributed by atoms with Crippen molar-refractivity contribution in [3.8, 4) is 0 Å². The van der Waals surface area contributed by atoms with E-state index in [-0.39, 0.29) is 24.0 Å². The molecule has 4 heteroatoms. The second-order valence-electron chi connectivity index (χ2n) is 5.34. The molecule has 2 aromatic carbocycles. The number of benzene rings is 2. The van der Waals surface area contributed by atoms with Gasteiger partial charge in [0.15, 0.2) is 0 Å². The molecular weight excluding hydrogens is 274 g/mol. The van der Waals surface area contributed by atoms with Crippen LogP contribution in [0.25, 0.3) is 0 Å². The summed E-state index contributed by atoms with van der Waals surface area (Å²) >= 11 is 0. The van der Waals surface area contributed by atoms with Gasteiger partial charge in [0.25, 0.3) is 0 Å². The summed E-state index contributed by atoms with van der Waals surface area (Å²) in [5.74, 6) is -1.96. The number of carbonyl (C=O) groups is 1. The fourth-order valence-electron chi connectivity index (χ4n) is 3.09. The van der Waals surface area contributed by atoms with Crippen molar-refractivity contribution in [2.45, 2.75) is 25.2 Å². The number of hydrogen-bond acceptors (Lipinski definition) is 1. The molecule has 1 aliphatic carbocycles. The van der Waals surface area contributed by atoms with Crippen LogP contribution in [0.2, 0.25) is 0 Å². The van der Waals surface area contributed by atoms with E-state index < -0.39 is 5.97 Å². The molecule has 0 aromatic heterocycles. The summed E-state index contributed by atoms with van der Waals surface area (Å²) < 4.78 is 26.9. The van der Waals surface area contributed by atoms with E-state index in [9.17, 15) is 13.6 Å². The maximum Gasteiger partial charge on any atom is 0.304 e. The van der Waals surface area contributed by atoms with Crippen LogP contribution in [0.15, 0.2) is 36.4 Å². The normalized spacial score (nSPS) is 14.2. The van der Waals surface area contributed by atoms with Gasteiger partial charge in [0, 0.05) is 5.92 Å². The fourth-order valence-corrected chi connectivity index (χ4v) is 3.09. The highest BCUT2D eigenvalue weighted by Gasteiger charge is 2.26. The zero-order chi connectivity index (χ0) is 15.0. The molecule has 1 aliphatic rings. The lowest BCUT2D eigenvalue weighted by molar-refractivity contribution is -0.137. The maximum atomic E-state index is 13.4. The van der Waals surface area contributed by atoms with E-state index in [0.717, 1.165) is 22.3 Å². The van der Waals surface area contributed by atoms with E-state index in [1.54, 1.807) is 12.1 Å². The quantitative estimate of drug-likeness (QED) is 0.915. The lowest BCUT2D eigenvalue weighted by Crippen LogP contribution is -2.10. The summed E-state index contributed by atoms with van der Waals surface area (Å²) in [5.41, 5.74) is 3.25. The Morgan fingerprint density at radius 1 is 1.00 bits per heavy atom. The van der Waals surface area contributed by atoms with Crippen LogP contribution < -0.4 is 0 Å². The van der Waals surface area contributed by atoms with Gasteiger partial charge in [-0.1, -0.05) is 12.1 Å². The van der Waals surface area contributed by atoms with Crippen molar-refractivity contribution >= 4 is 5.97 Å². The largest absolute Gasteiger partial charge is 0.481 e. The average molecular weight is 288 g/mol. The van der Waals surface area contributed by atoms with Crippen LogP contribution in [0, 0.1) is 11.6 Å². The van der Waals surface area contributed by atoms with Crippen molar-refractivity contribution < 1.29 is 18.7 Å². The number of halogens is 2. The van der Waals surface area contributed by atoms with Crippen molar-refractivity contribution in [3.05, 3.63) is 70.3 Å². The number of hydrogen-bond donors (Lipinski definition) is 1. The molecule has 3 rings (SSSR count). The highest BCUT2D eigenvalue weighted by Crippen LogP contribution is 2.37. The van der Waals surface area contributed by atoms with Crippen LogP contribution in [0.5, 0.6) is 0 Å². The Bertz CT molecular complexity index is 656. The maximum absolute atomic E-state index is 13.4. The highest BCUT2D eigenvalue weighted by atomic mass is 19.1. The van der Waals surface area contributed by atoms with E-state index in [1.165, 1.54) is 24.3 Å². The highest BCUT2D eigenvalue weighted by molar-refractivity contribution is 5.69. The lowest BCUT2D eigenvalue weighted by atomic mass is 9.85. The summed E-state index contributed by atoms with van der Waals surface area (Å²) in [4.78, 5) is 11.2. The number of aryl methyl sites for hydroxylation is 2. The van der Waals surface area contributed by atoms with E-state index in [0.29, 0.717) is 12.8 Å². The van der Waals surface area contributed by atoms with Gasteiger partial charge in [-0.05, 0) is 59.4 Å². The zero-order valence-corrected chi connectivity index (χ0v) is 11.3. The monoisotopic (exact) mass is 288 g/mol. The Hall–Kier alpha value is -2.23. The predicted octanol–water partition coefficient (Wildman–Crippen LogP) is 3.67. The first-order valence-electron chi connectivity index (χ1n) is 6.83. The molecule has 0 fully saturated rings. The molecule has 0 atom stereocenters. The number of aliphatic carboxylic acids is 1. The number of carboxylic acid groups (broad SMARTS) is 1. The summed E-state index contributed by atoms with van der Waals surface area (Å²) in [6, 6.07) is 8.90. The van der Waals surface area contributed by atoms with Gasteiger partial charge in [-0.15, -0.1) is 0 Å². The van der Waals surface area contributed by atoms with Crippen LogP contribution >= 0.6 is 0 Å². The van der Waals surface area contributed by atoms with Crippen molar-refractivity contribution in [3.63, 3.8) is 0 Å². The van der Waals surface area contributed by atoms with Gasteiger partial charge in [-0.3, -0.25) is 4.79 Å². The van der Waals surface area contributed by atoms with Crippen molar-refractivity contribution in [1.29, 1.82) is 0 Å². The van der Waals surface area contributed by atoms with Crippen molar-refractivity contribution in [2.75, 3.05) is 0 Å². The van der Waals surface area contributed by atoms with Crippen molar-refractivity contribution in [1.82, 2.24) is 0 Å². The molecule has 0 bridgehead atoms. The predicted molar refractivity (Wildman–Crippen MR) is 74.3 cm³/mol. The second kappa shape index (κ2) is 5.28. The third-order valence-electron chi connectivity index (χ3n) is 4.00. The van der Waals surface area contributed by atoms with E-state index in [1.807, 2.05) is 0 Å². The van der Waals surface area contributed by atoms with Crippen LogP contribution in [-0.2, 0) is 17.6 Å².